The highest BCUT2D eigenvalue weighted by molar-refractivity contribution is 7.99. The third-order valence-electron chi connectivity index (χ3n) is 3.21. The Morgan fingerprint density at radius 2 is 2.16 bits per heavy atom. The SMILES string of the molecule is Cc1ccc(N)c(SCCC(=O)N2CCNCC2)c1. The molecule has 1 aliphatic heterocycles. The van der Waals surface area contributed by atoms with E-state index in [0.717, 1.165) is 42.5 Å². The van der Waals surface area contributed by atoms with Crippen LogP contribution in [0.1, 0.15) is 12.0 Å². The topological polar surface area (TPSA) is 58.4 Å². The predicted octanol–water partition coefficient (Wildman–Crippen LogP) is 1.49. The van der Waals surface area contributed by atoms with Gasteiger partial charge >= 0.3 is 0 Å². The number of hydrogen-bond donors (Lipinski definition) is 2. The number of thioether (sulfide) groups is 1. The highest BCUT2D eigenvalue weighted by Crippen LogP contribution is 2.26. The minimum atomic E-state index is 0.250. The first-order chi connectivity index (χ1) is 9.16. The Labute approximate surface area is 118 Å². The van der Waals surface area contributed by atoms with E-state index in [0.29, 0.717) is 6.42 Å². The Hall–Kier alpha value is -1.20. The van der Waals surface area contributed by atoms with E-state index in [-0.39, 0.29) is 5.91 Å². The Balaban J connectivity index is 1.79. The van der Waals surface area contributed by atoms with Crippen molar-refractivity contribution in [1.29, 1.82) is 0 Å². The van der Waals surface area contributed by atoms with Crippen molar-refractivity contribution in [3.05, 3.63) is 23.8 Å². The van der Waals surface area contributed by atoms with Crippen molar-refractivity contribution >= 4 is 23.4 Å². The molecule has 1 fully saturated rings. The number of benzene rings is 1. The molecule has 104 valence electrons. The zero-order valence-electron chi connectivity index (χ0n) is 11.3. The van der Waals surface area contributed by atoms with Crippen LogP contribution < -0.4 is 11.1 Å². The second-order valence-corrected chi connectivity index (χ2v) is 5.91. The molecule has 1 amide bonds. The smallest absolute Gasteiger partial charge is 0.223 e. The van der Waals surface area contributed by atoms with Crippen LogP contribution >= 0.6 is 11.8 Å². The highest BCUT2D eigenvalue weighted by atomic mass is 32.2. The van der Waals surface area contributed by atoms with Gasteiger partial charge in [0.15, 0.2) is 0 Å². The molecule has 1 aromatic rings. The van der Waals surface area contributed by atoms with Crippen molar-refractivity contribution < 1.29 is 4.79 Å². The predicted molar refractivity (Wildman–Crippen MR) is 80.4 cm³/mol. The van der Waals surface area contributed by atoms with Crippen molar-refractivity contribution in [2.45, 2.75) is 18.2 Å². The number of nitrogens with one attached hydrogen (secondary N) is 1. The molecule has 1 saturated heterocycles. The van der Waals surface area contributed by atoms with E-state index in [1.165, 1.54) is 5.56 Å². The van der Waals surface area contributed by atoms with Crippen LogP contribution in [0.2, 0.25) is 0 Å². The van der Waals surface area contributed by atoms with E-state index in [4.69, 9.17) is 5.73 Å². The lowest BCUT2D eigenvalue weighted by Gasteiger charge is -2.27. The van der Waals surface area contributed by atoms with E-state index in [1.807, 2.05) is 17.0 Å². The van der Waals surface area contributed by atoms with Crippen LogP contribution in [0.25, 0.3) is 0 Å². The number of rotatable bonds is 4. The van der Waals surface area contributed by atoms with Gasteiger partial charge in [-0.15, -0.1) is 11.8 Å². The lowest BCUT2D eigenvalue weighted by Crippen LogP contribution is -2.46. The van der Waals surface area contributed by atoms with Gasteiger partial charge in [-0.1, -0.05) is 6.07 Å². The summed E-state index contributed by atoms with van der Waals surface area (Å²) in [6, 6.07) is 6.01. The van der Waals surface area contributed by atoms with E-state index >= 15 is 0 Å². The summed E-state index contributed by atoms with van der Waals surface area (Å²) in [6.45, 7) is 5.52. The molecular weight excluding hydrogens is 258 g/mol. The van der Waals surface area contributed by atoms with Gasteiger partial charge in [0.1, 0.15) is 0 Å². The summed E-state index contributed by atoms with van der Waals surface area (Å²) in [7, 11) is 0. The molecule has 5 heteroatoms. The number of nitrogens with two attached hydrogens (primary N) is 1. The fourth-order valence-corrected chi connectivity index (χ4v) is 3.09. The molecule has 0 aliphatic carbocycles. The minimum Gasteiger partial charge on any atom is -0.398 e. The van der Waals surface area contributed by atoms with Crippen LogP contribution in [0.15, 0.2) is 23.1 Å². The van der Waals surface area contributed by atoms with Crippen LogP contribution in [0.4, 0.5) is 5.69 Å². The van der Waals surface area contributed by atoms with Crippen molar-refractivity contribution in [2.24, 2.45) is 0 Å². The van der Waals surface area contributed by atoms with Crippen LogP contribution in [0.3, 0.4) is 0 Å². The monoisotopic (exact) mass is 279 g/mol. The summed E-state index contributed by atoms with van der Waals surface area (Å²) in [5, 5.41) is 3.25. The van der Waals surface area contributed by atoms with E-state index in [1.54, 1.807) is 11.8 Å². The van der Waals surface area contributed by atoms with Gasteiger partial charge < -0.3 is 16.0 Å². The Morgan fingerprint density at radius 1 is 1.42 bits per heavy atom. The molecule has 0 bridgehead atoms. The highest BCUT2D eigenvalue weighted by Gasteiger charge is 2.15. The average molecular weight is 279 g/mol. The quantitative estimate of drug-likeness (QED) is 0.647. The van der Waals surface area contributed by atoms with Gasteiger partial charge in [0, 0.05) is 48.9 Å². The first-order valence-corrected chi connectivity index (χ1v) is 7.63. The fourth-order valence-electron chi connectivity index (χ4n) is 2.09. The lowest BCUT2D eigenvalue weighted by atomic mass is 10.2. The molecule has 0 aromatic heterocycles. The minimum absolute atomic E-state index is 0.250. The first kappa shape index (κ1) is 14.2. The van der Waals surface area contributed by atoms with Gasteiger partial charge in [-0.25, -0.2) is 0 Å². The lowest BCUT2D eigenvalue weighted by molar-refractivity contribution is -0.131. The van der Waals surface area contributed by atoms with E-state index < -0.39 is 0 Å². The third kappa shape index (κ3) is 4.14. The summed E-state index contributed by atoms with van der Waals surface area (Å²) < 4.78 is 0. The second kappa shape index (κ2) is 6.82. The number of carbonyl (C=O) groups excluding carboxylic acids is 1. The van der Waals surface area contributed by atoms with Gasteiger partial charge in [-0.05, 0) is 24.6 Å². The molecule has 19 heavy (non-hydrogen) atoms. The molecule has 3 N–H and O–H groups in total. The molecule has 4 nitrogen and oxygen atoms in total. The van der Waals surface area contributed by atoms with Crippen LogP contribution in [-0.2, 0) is 4.79 Å². The van der Waals surface area contributed by atoms with Crippen molar-refractivity contribution in [2.75, 3.05) is 37.7 Å². The zero-order valence-corrected chi connectivity index (χ0v) is 12.1. The summed E-state index contributed by atoms with van der Waals surface area (Å²) >= 11 is 1.67. The van der Waals surface area contributed by atoms with Crippen molar-refractivity contribution in [3.8, 4) is 0 Å². The molecule has 0 spiro atoms. The summed E-state index contributed by atoms with van der Waals surface area (Å²) in [4.78, 5) is 15.0. The third-order valence-corrected chi connectivity index (χ3v) is 4.29. The number of amides is 1. The maximum Gasteiger partial charge on any atom is 0.223 e. The maximum atomic E-state index is 12.0. The Kier molecular flexibility index (Phi) is 5.10. The second-order valence-electron chi connectivity index (χ2n) is 4.77. The van der Waals surface area contributed by atoms with Crippen LogP contribution in [0, 0.1) is 6.92 Å². The standard InChI is InChI=1S/C14H21N3OS/c1-11-2-3-12(15)13(10-11)19-9-4-14(18)17-7-5-16-6-8-17/h2-3,10,16H,4-9,15H2,1H3. The van der Waals surface area contributed by atoms with E-state index in [2.05, 4.69) is 18.3 Å². The van der Waals surface area contributed by atoms with Gasteiger partial charge in [0.05, 0.1) is 0 Å². The summed E-state index contributed by atoms with van der Waals surface area (Å²) in [5.41, 5.74) is 7.92. The molecule has 1 heterocycles. The number of nitrogen functional groups attached to an aromatic ring is 1. The number of piperazine rings is 1. The number of hydrogen-bond acceptors (Lipinski definition) is 4. The molecule has 0 atom stereocenters. The number of aryl methyl sites for hydroxylation is 1. The molecule has 1 aliphatic rings. The normalized spacial score (nSPS) is 15.5. The number of nitrogens with zero attached hydrogens (tertiary/aromatic N) is 1. The average Bonchev–Trinajstić information content (AvgIpc) is 2.43. The van der Waals surface area contributed by atoms with Gasteiger partial charge in [-0.3, -0.25) is 4.79 Å². The van der Waals surface area contributed by atoms with E-state index in [9.17, 15) is 4.79 Å². The molecule has 2 rings (SSSR count). The molecule has 0 radical (unpaired) electrons. The molecule has 0 unspecified atom stereocenters. The Bertz CT molecular complexity index is 444. The number of carbonyl (C=O) groups is 1. The van der Waals surface area contributed by atoms with Crippen molar-refractivity contribution in [1.82, 2.24) is 10.2 Å². The van der Waals surface area contributed by atoms with Crippen LogP contribution in [-0.4, -0.2) is 42.7 Å². The molecule has 0 saturated carbocycles. The summed E-state index contributed by atoms with van der Waals surface area (Å²) in [6.07, 6.45) is 0.581. The van der Waals surface area contributed by atoms with Gasteiger partial charge in [0.25, 0.3) is 0 Å². The van der Waals surface area contributed by atoms with Crippen molar-refractivity contribution in [3.63, 3.8) is 0 Å². The van der Waals surface area contributed by atoms with Gasteiger partial charge in [0.2, 0.25) is 5.91 Å². The van der Waals surface area contributed by atoms with Gasteiger partial charge in [-0.2, -0.15) is 0 Å². The number of anilines is 1. The summed E-state index contributed by atoms with van der Waals surface area (Å²) in [5.74, 6) is 1.04. The Morgan fingerprint density at radius 3 is 2.89 bits per heavy atom. The fraction of sp³-hybridized carbons (Fsp3) is 0.500. The molecule has 1 aromatic carbocycles. The first-order valence-electron chi connectivity index (χ1n) is 6.64. The zero-order chi connectivity index (χ0) is 13.7. The largest absolute Gasteiger partial charge is 0.398 e. The maximum absolute atomic E-state index is 12.0. The molecular formula is C14H21N3OS. The van der Waals surface area contributed by atoms with Crippen LogP contribution in [0.5, 0.6) is 0 Å².